The van der Waals surface area contributed by atoms with Gasteiger partial charge in [-0.1, -0.05) is 22.0 Å². The third kappa shape index (κ3) is 2.85. The average Bonchev–Trinajstić information content (AvgIpc) is 2.74. The molecule has 2 aromatic rings. The SMILES string of the molecule is COCc1ccc(Br)cc1-c1cc(C(=O)O)nn1C. The molecule has 1 aromatic heterocycles. The Balaban J connectivity index is 2.56. The maximum absolute atomic E-state index is 11.0. The van der Waals surface area contributed by atoms with Crippen molar-refractivity contribution >= 4 is 21.9 Å². The maximum Gasteiger partial charge on any atom is 0.356 e. The molecular weight excluding hydrogens is 312 g/mol. The molecular formula is C13H13BrN2O3. The lowest BCUT2D eigenvalue weighted by Gasteiger charge is -2.09. The van der Waals surface area contributed by atoms with Crippen molar-refractivity contribution in [3.8, 4) is 11.3 Å². The predicted octanol–water partition coefficient (Wildman–Crippen LogP) is 2.69. The number of methoxy groups -OCH3 is 1. The minimum absolute atomic E-state index is 0.0286. The molecule has 0 atom stereocenters. The van der Waals surface area contributed by atoms with Crippen LogP contribution in [-0.4, -0.2) is 28.0 Å². The van der Waals surface area contributed by atoms with Crippen molar-refractivity contribution in [2.24, 2.45) is 7.05 Å². The lowest BCUT2D eigenvalue weighted by molar-refractivity contribution is 0.0689. The van der Waals surface area contributed by atoms with Crippen LogP contribution in [0.3, 0.4) is 0 Å². The molecule has 1 heterocycles. The van der Waals surface area contributed by atoms with Crippen LogP contribution in [-0.2, 0) is 18.4 Å². The van der Waals surface area contributed by atoms with Gasteiger partial charge in [0.05, 0.1) is 12.3 Å². The minimum atomic E-state index is -1.04. The molecule has 5 nitrogen and oxygen atoms in total. The second-order valence-corrected chi connectivity index (χ2v) is 4.99. The molecule has 1 N–H and O–H groups in total. The summed E-state index contributed by atoms with van der Waals surface area (Å²) in [4.78, 5) is 11.0. The van der Waals surface area contributed by atoms with Crippen LogP contribution in [0, 0.1) is 0 Å². The number of aromatic carboxylic acids is 1. The highest BCUT2D eigenvalue weighted by Gasteiger charge is 2.15. The molecule has 0 saturated carbocycles. The van der Waals surface area contributed by atoms with Crippen LogP contribution >= 0.6 is 15.9 Å². The molecule has 0 fully saturated rings. The Kier molecular flexibility index (Phi) is 4.01. The first-order chi connectivity index (χ1) is 9.02. The van der Waals surface area contributed by atoms with Crippen LogP contribution in [0.15, 0.2) is 28.7 Å². The van der Waals surface area contributed by atoms with Gasteiger partial charge in [0.1, 0.15) is 0 Å². The first kappa shape index (κ1) is 13.8. The molecule has 0 unspecified atom stereocenters. The Morgan fingerprint density at radius 2 is 2.21 bits per heavy atom. The van der Waals surface area contributed by atoms with Gasteiger partial charge in [0.2, 0.25) is 0 Å². The molecule has 0 bridgehead atoms. The molecule has 1 aromatic carbocycles. The van der Waals surface area contributed by atoms with Crippen molar-refractivity contribution in [1.82, 2.24) is 9.78 Å². The highest BCUT2D eigenvalue weighted by atomic mass is 79.9. The number of ether oxygens (including phenoxy) is 1. The molecule has 6 heteroatoms. The van der Waals surface area contributed by atoms with E-state index in [1.165, 1.54) is 0 Å². The quantitative estimate of drug-likeness (QED) is 0.939. The number of rotatable bonds is 4. The fraction of sp³-hybridized carbons (Fsp3) is 0.231. The highest BCUT2D eigenvalue weighted by molar-refractivity contribution is 9.10. The van der Waals surface area contributed by atoms with Crippen LogP contribution in [0.1, 0.15) is 16.1 Å². The zero-order valence-corrected chi connectivity index (χ0v) is 12.1. The monoisotopic (exact) mass is 324 g/mol. The van der Waals surface area contributed by atoms with Gasteiger partial charge in [-0.2, -0.15) is 5.10 Å². The van der Waals surface area contributed by atoms with E-state index in [9.17, 15) is 4.79 Å². The number of aromatic nitrogens is 2. The van der Waals surface area contributed by atoms with E-state index in [0.717, 1.165) is 21.3 Å². The van der Waals surface area contributed by atoms with Crippen LogP contribution < -0.4 is 0 Å². The first-order valence-electron chi connectivity index (χ1n) is 5.58. The van der Waals surface area contributed by atoms with E-state index in [2.05, 4.69) is 21.0 Å². The summed E-state index contributed by atoms with van der Waals surface area (Å²) in [6, 6.07) is 7.35. The number of aryl methyl sites for hydroxylation is 1. The Hall–Kier alpha value is -1.66. The number of carbonyl (C=O) groups is 1. The fourth-order valence-electron chi connectivity index (χ4n) is 1.89. The summed E-state index contributed by atoms with van der Waals surface area (Å²) in [6.07, 6.45) is 0. The van der Waals surface area contributed by atoms with Gasteiger partial charge in [-0.25, -0.2) is 4.79 Å². The van der Waals surface area contributed by atoms with Gasteiger partial charge < -0.3 is 9.84 Å². The molecule has 0 spiro atoms. The summed E-state index contributed by atoms with van der Waals surface area (Å²) >= 11 is 3.42. The van der Waals surface area contributed by atoms with E-state index in [0.29, 0.717) is 6.61 Å². The molecule has 0 radical (unpaired) electrons. The Morgan fingerprint density at radius 1 is 1.47 bits per heavy atom. The number of hydrogen-bond acceptors (Lipinski definition) is 3. The van der Waals surface area contributed by atoms with Crippen molar-refractivity contribution in [2.75, 3.05) is 7.11 Å². The Labute approximate surface area is 118 Å². The Morgan fingerprint density at radius 3 is 2.79 bits per heavy atom. The van der Waals surface area contributed by atoms with Crippen LogP contribution in [0.4, 0.5) is 0 Å². The zero-order chi connectivity index (χ0) is 14.0. The molecule has 0 saturated heterocycles. The van der Waals surface area contributed by atoms with E-state index in [4.69, 9.17) is 9.84 Å². The second-order valence-electron chi connectivity index (χ2n) is 4.08. The normalized spacial score (nSPS) is 10.7. The molecule has 0 aliphatic carbocycles. The summed E-state index contributed by atoms with van der Waals surface area (Å²) in [5.74, 6) is -1.04. The molecule has 100 valence electrons. The third-order valence-electron chi connectivity index (χ3n) is 2.75. The van der Waals surface area contributed by atoms with E-state index in [1.807, 2.05) is 18.2 Å². The Bertz CT molecular complexity index is 622. The van der Waals surface area contributed by atoms with E-state index < -0.39 is 5.97 Å². The number of carboxylic acids is 1. The van der Waals surface area contributed by atoms with Gasteiger partial charge in [0, 0.05) is 24.2 Å². The van der Waals surface area contributed by atoms with Crippen LogP contribution in [0.5, 0.6) is 0 Å². The number of halogens is 1. The summed E-state index contributed by atoms with van der Waals surface area (Å²) in [5.41, 5.74) is 2.65. The van der Waals surface area contributed by atoms with Gasteiger partial charge >= 0.3 is 5.97 Å². The zero-order valence-electron chi connectivity index (χ0n) is 10.6. The number of carboxylic acid groups (broad SMARTS) is 1. The standard InChI is InChI=1S/C13H13BrN2O3/c1-16-12(6-11(15-16)13(17)18)10-5-9(14)4-3-8(10)7-19-2/h3-6H,7H2,1-2H3,(H,17,18). The first-order valence-corrected chi connectivity index (χ1v) is 6.37. The molecule has 0 aliphatic rings. The van der Waals surface area contributed by atoms with Crippen molar-refractivity contribution in [3.05, 3.63) is 40.0 Å². The van der Waals surface area contributed by atoms with Gasteiger partial charge in [0.25, 0.3) is 0 Å². The summed E-state index contributed by atoms with van der Waals surface area (Å²) < 4.78 is 7.64. The molecule has 19 heavy (non-hydrogen) atoms. The van der Waals surface area contributed by atoms with E-state index in [1.54, 1.807) is 24.9 Å². The van der Waals surface area contributed by atoms with Crippen molar-refractivity contribution < 1.29 is 14.6 Å². The highest BCUT2D eigenvalue weighted by Crippen LogP contribution is 2.28. The summed E-state index contributed by atoms with van der Waals surface area (Å²) in [7, 11) is 3.34. The molecule has 2 rings (SSSR count). The fourth-order valence-corrected chi connectivity index (χ4v) is 2.25. The minimum Gasteiger partial charge on any atom is -0.476 e. The number of hydrogen-bond donors (Lipinski definition) is 1. The van der Waals surface area contributed by atoms with Gasteiger partial charge in [-0.15, -0.1) is 0 Å². The van der Waals surface area contributed by atoms with Crippen molar-refractivity contribution in [3.63, 3.8) is 0 Å². The van der Waals surface area contributed by atoms with E-state index >= 15 is 0 Å². The van der Waals surface area contributed by atoms with E-state index in [-0.39, 0.29) is 5.69 Å². The van der Waals surface area contributed by atoms with Crippen LogP contribution in [0.25, 0.3) is 11.3 Å². The molecule has 0 aliphatic heterocycles. The lowest BCUT2D eigenvalue weighted by Crippen LogP contribution is -2.00. The van der Waals surface area contributed by atoms with Crippen LogP contribution in [0.2, 0.25) is 0 Å². The second kappa shape index (κ2) is 5.54. The third-order valence-corrected chi connectivity index (χ3v) is 3.24. The maximum atomic E-state index is 11.0. The number of benzene rings is 1. The largest absolute Gasteiger partial charge is 0.476 e. The summed E-state index contributed by atoms with van der Waals surface area (Å²) in [6.45, 7) is 0.455. The topological polar surface area (TPSA) is 64.3 Å². The smallest absolute Gasteiger partial charge is 0.356 e. The van der Waals surface area contributed by atoms with Gasteiger partial charge in [0.15, 0.2) is 5.69 Å². The summed E-state index contributed by atoms with van der Waals surface area (Å²) in [5, 5.41) is 13.0. The van der Waals surface area contributed by atoms with Gasteiger partial charge in [-0.05, 0) is 23.8 Å². The molecule has 0 amide bonds. The predicted molar refractivity (Wildman–Crippen MR) is 74.0 cm³/mol. The average molecular weight is 325 g/mol. The van der Waals surface area contributed by atoms with Crippen molar-refractivity contribution in [1.29, 1.82) is 0 Å². The van der Waals surface area contributed by atoms with Crippen molar-refractivity contribution in [2.45, 2.75) is 6.61 Å². The number of nitrogens with zero attached hydrogens (tertiary/aromatic N) is 2. The van der Waals surface area contributed by atoms with Gasteiger partial charge in [-0.3, -0.25) is 4.68 Å². The lowest BCUT2D eigenvalue weighted by atomic mass is 10.0.